The van der Waals surface area contributed by atoms with E-state index in [1.165, 1.54) is 13.2 Å². The molecule has 3 rings (SSSR count). The van der Waals surface area contributed by atoms with Gasteiger partial charge in [0, 0.05) is 13.1 Å². The van der Waals surface area contributed by atoms with Crippen LogP contribution in [0.3, 0.4) is 0 Å². The minimum absolute atomic E-state index is 0.106. The molecule has 1 N–H and O–H groups in total. The maximum atomic E-state index is 12.4. The number of nitrogens with zero attached hydrogens (tertiary/aromatic N) is 2. The smallest absolute Gasteiger partial charge is 0.335 e. The fraction of sp³-hybridized carbons (Fsp3) is 0.267. The predicted octanol–water partition coefficient (Wildman–Crippen LogP) is 1.58. The first-order chi connectivity index (χ1) is 10.6. The molecule has 7 heteroatoms. The van der Waals surface area contributed by atoms with Gasteiger partial charge in [0.25, 0.3) is 11.8 Å². The summed E-state index contributed by atoms with van der Waals surface area (Å²) in [6, 6.07) is 6.43. The Labute approximate surface area is 126 Å². The second-order valence-corrected chi connectivity index (χ2v) is 5.00. The number of carboxylic acids is 1. The molecular formula is C15H14N2O5. The van der Waals surface area contributed by atoms with Crippen LogP contribution in [0.2, 0.25) is 0 Å². The highest BCUT2D eigenvalue weighted by molar-refractivity contribution is 5.92. The van der Waals surface area contributed by atoms with Crippen molar-refractivity contribution in [3.05, 3.63) is 46.7 Å². The zero-order valence-electron chi connectivity index (χ0n) is 11.9. The van der Waals surface area contributed by atoms with Crippen LogP contribution in [0.25, 0.3) is 0 Å². The number of rotatable bonds is 3. The summed E-state index contributed by atoms with van der Waals surface area (Å²) in [7, 11) is 1.44. The van der Waals surface area contributed by atoms with E-state index in [9.17, 15) is 9.59 Å². The van der Waals surface area contributed by atoms with Crippen molar-refractivity contribution >= 4 is 11.9 Å². The molecule has 0 bridgehead atoms. The second kappa shape index (κ2) is 5.51. The molecule has 0 spiro atoms. The van der Waals surface area contributed by atoms with Gasteiger partial charge in [0.1, 0.15) is 0 Å². The molecule has 0 radical (unpaired) electrons. The zero-order valence-corrected chi connectivity index (χ0v) is 11.9. The van der Waals surface area contributed by atoms with E-state index >= 15 is 0 Å². The average Bonchev–Trinajstić information content (AvgIpc) is 3.02. The average molecular weight is 302 g/mol. The lowest BCUT2D eigenvalue weighted by Crippen LogP contribution is -2.35. The van der Waals surface area contributed by atoms with E-state index in [-0.39, 0.29) is 23.1 Å². The van der Waals surface area contributed by atoms with Crippen molar-refractivity contribution in [1.82, 2.24) is 10.1 Å². The molecule has 0 aliphatic carbocycles. The van der Waals surface area contributed by atoms with Crippen LogP contribution < -0.4 is 4.74 Å². The molecule has 1 aromatic heterocycles. The van der Waals surface area contributed by atoms with E-state index in [1.807, 2.05) is 0 Å². The lowest BCUT2D eigenvalue weighted by molar-refractivity contribution is 0.0692. The molecule has 1 aliphatic rings. The van der Waals surface area contributed by atoms with Crippen LogP contribution in [0.5, 0.6) is 5.88 Å². The number of aromatic nitrogens is 1. The normalized spacial score (nSPS) is 13.6. The van der Waals surface area contributed by atoms with E-state index in [1.54, 1.807) is 23.1 Å². The first-order valence-electron chi connectivity index (χ1n) is 6.73. The van der Waals surface area contributed by atoms with Gasteiger partial charge in [-0.3, -0.25) is 4.79 Å². The second-order valence-electron chi connectivity index (χ2n) is 5.00. The SMILES string of the molecule is COc1cc(C(=O)N2CCc3ccc(C(=O)O)cc3C2)on1. The molecule has 1 amide bonds. The van der Waals surface area contributed by atoms with Crippen LogP contribution in [-0.4, -0.2) is 40.7 Å². The Hall–Kier alpha value is -2.83. The van der Waals surface area contributed by atoms with Crippen LogP contribution >= 0.6 is 0 Å². The number of hydrogen-bond donors (Lipinski definition) is 1. The van der Waals surface area contributed by atoms with Crippen LogP contribution in [0.1, 0.15) is 32.0 Å². The number of fused-ring (bicyclic) bond motifs is 1. The molecule has 1 aliphatic heterocycles. The number of carboxylic acid groups (broad SMARTS) is 1. The van der Waals surface area contributed by atoms with E-state index < -0.39 is 5.97 Å². The Morgan fingerprint density at radius 3 is 2.82 bits per heavy atom. The largest absolute Gasteiger partial charge is 0.479 e. The topological polar surface area (TPSA) is 92.9 Å². The number of ether oxygens (including phenoxy) is 1. The van der Waals surface area contributed by atoms with Crippen LogP contribution in [-0.2, 0) is 13.0 Å². The van der Waals surface area contributed by atoms with Crippen molar-refractivity contribution < 1.29 is 24.0 Å². The van der Waals surface area contributed by atoms with Crippen LogP contribution in [0.4, 0.5) is 0 Å². The van der Waals surface area contributed by atoms with E-state index in [4.69, 9.17) is 14.4 Å². The van der Waals surface area contributed by atoms with Gasteiger partial charge >= 0.3 is 5.97 Å². The summed E-state index contributed by atoms with van der Waals surface area (Å²) in [5, 5.41) is 12.7. The van der Waals surface area contributed by atoms with Crippen molar-refractivity contribution in [2.45, 2.75) is 13.0 Å². The van der Waals surface area contributed by atoms with Gasteiger partial charge < -0.3 is 19.3 Å². The Morgan fingerprint density at radius 1 is 1.32 bits per heavy atom. The van der Waals surface area contributed by atoms with Gasteiger partial charge in [-0.25, -0.2) is 4.79 Å². The highest BCUT2D eigenvalue weighted by atomic mass is 16.5. The van der Waals surface area contributed by atoms with Crippen molar-refractivity contribution in [1.29, 1.82) is 0 Å². The van der Waals surface area contributed by atoms with E-state index in [0.717, 1.165) is 11.1 Å². The van der Waals surface area contributed by atoms with Gasteiger partial charge in [0.2, 0.25) is 5.76 Å². The third-order valence-corrected chi connectivity index (χ3v) is 3.66. The lowest BCUT2D eigenvalue weighted by atomic mass is 9.97. The van der Waals surface area contributed by atoms with Gasteiger partial charge in [-0.15, -0.1) is 0 Å². The summed E-state index contributed by atoms with van der Waals surface area (Å²) >= 11 is 0. The Bertz CT molecular complexity index is 737. The number of carbonyl (C=O) groups is 2. The van der Waals surface area contributed by atoms with Crippen molar-refractivity contribution in [2.75, 3.05) is 13.7 Å². The monoisotopic (exact) mass is 302 g/mol. The fourth-order valence-electron chi connectivity index (χ4n) is 2.48. The highest BCUT2D eigenvalue weighted by Gasteiger charge is 2.25. The molecule has 0 atom stereocenters. The summed E-state index contributed by atoms with van der Waals surface area (Å²) in [4.78, 5) is 25.0. The third-order valence-electron chi connectivity index (χ3n) is 3.66. The summed E-state index contributed by atoms with van der Waals surface area (Å²) in [5.41, 5.74) is 2.12. The molecular weight excluding hydrogens is 288 g/mol. The summed E-state index contributed by atoms with van der Waals surface area (Å²) in [5.74, 6) is -0.919. The Morgan fingerprint density at radius 2 is 2.14 bits per heavy atom. The highest BCUT2D eigenvalue weighted by Crippen LogP contribution is 2.23. The first kappa shape index (κ1) is 14.1. The molecule has 114 valence electrons. The Balaban J connectivity index is 1.82. The molecule has 1 aromatic carbocycles. The summed E-state index contributed by atoms with van der Waals surface area (Å²) < 4.78 is 9.85. The quantitative estimate of drug-likeness (QED) is 0.925. The van der Waals surface area contributed by atoms with Gasteiger partial charge in [-0.2, -0.15) is 0 Å². The number of aromatic carboxylic acids is 1. The fourth-order valence-corrected chi connectivity index (χ4v) is 2.48. The van der Waals surface area contributed by atoms with Crippen molar-refractivity contribution in [3.63, 3.8) is 0 Å². The maximum Gasteiger partial charge on any atom is 0.335 e. The molecule has 0 fully saturated rings. The molecule has 0 saturated heterocycles. The van der Waals surface area contributed by atoms with E-state index in [2.05, 4.69) is 5.16 Å². The summed E-state index contributed by atoms with van der Waals surface area (Å²) in [6.45, 7) is 0.888. The first-order valence-corrected chi connectivity index (χ1v) is 6.73. The van der Waals surface area contributed by atoms with Gasteiger partial charge in [0.15, 0.2) is 0 Å². The van der Waals surface area contributed by atoms with Gasteiger partial charge in [-0.05, 0) is 34.8 Å². The molecule has 0 unspecified atom stereocenters. The number of carbonyl (C=O) groups excluding carboxylic acids is 1. The van der Waals surface area contributed by atoms with Gasteiger partial charge in [-0.1, -0.05) is 6.07 Å². The van der Waals surface area contributed by atoms with Crippen LogP contribution in [0, 0.1) is 0 Å². The minimum atomic E-state index is -0.980. The van der Waals surface area contributed by atoms with Crippen molar-refractivity contribution in [2.24, 2.45) is 0 Å². The predicted molar refractivity (Wildman–Crippen MR) is 74.9 cm³/mol. The zero-order chi connectivity index (χ0) is 15.7. The summed E-state index contributed by atoms with van der Waals surface area (Å²) in [6.07, 6.45) is 0.673. The lowest BCUT2D eigenvalue weighted by Gasteiger charge is -2.28. The van der Waals surface area contributed by atoms with E-state index in [0.29, 0.717) is 19.5 Å². The molecule has 7 nitrogen and oxygen atoms in total. The molecule has 0 saturated carbocycles. The van der Waals surface area contributed by atoms with Crippen LogP contribution in [0.15, 0.2) is 28.8 Å². The van der Waals surface area contributed by atoms with Gasteiger partial charge in [0.05, 0.1) is 18.7 Å². The standard InChI is InChI=1S/C15H14N2O5/c1-21-13-7-12(22-16-13)14(18)17-5-4-9-2-3-10(15(19)20)6-11(9)8-17/h2-3,6-7H,4-5,8H2,1H3,(H,19,20). The molecule has 2 heterocycles. The molecule has 2 aromatic rings. The number of amides is 1. The number of methoxy groups -OCH3 is 1. The van der Waals surface area contributed by atoms with Crippen molar-refractivity contribution in [3.8, 4) is 5.88 Å². The number of benzene rings is 1. The Kier molecular flexibility index (Phi) is 3.54. The minimum Gasteiger partial charge on any atom is -0.479 e. The molecule has 22 heavy (non-hydrogen) atoms. The third kappa shape index (κ3) is 2.52. The maximum absolute atomic E-state index is 12.4. The number of hydrogen-bond acceptors (Lipinski definition) is 5.